The van der Waals surface area contributed by atoms with Crippen molar-refractivity contribution in [2.45, 2.75) is 227 Å². The molecule has 38 nitrogen and oxygen atoms in total. The number of nitrogens with zero attached hydrogens (tertiary/aromatic N) is 1. The van der Waals surface area contributed by atoms with Crippen LogP contribution in [0.3, 0.4) is 0 Å². The minimum absolute atomic E-state index is 0.0266. The number of aliphatic hydroxyl groups is 20. The number of ether oxygens (including phenoxy) is 14. The van der Waals surface area contributed by atoms with Gasteiger partial charge in [0, 0.05) is 13.0 Å². The first-order chi connectivity index (χ1) is 43.0. The summed E-state index contributed by atoms with van der Waals surface area (Å²) >= 11 is 0. The third kappa shape index (κ3) is 13.9. The number of rotatable bonds is 10. The summed E-state index contributed by atoms with van der Waals surface area (Å²) in [7, 11) is 0. The number of oxime groups is 1. The van der Waals surface area contributed by atoms with Crippen LogP contribution >= 0.6 is 0 Å². The molecule has 22 aliphatic rings. The minimum atomic E-state index is -2.28. The quantitative estimate of drug-likeness (QED) is 0.103. The molecule has 0 saturated carbocycles. The molecule has 21 fully saturated rings. The summed E-state index contributed by atoms with van der Waals surface area (Å²) in [4.78, 5) is 19.1. The summed E-state index contributed by atoms with van der Waals surface area (Å²) in [6, 6.07) is 8.69. The molecule has 0 spiro atoms. The van der Waals surface area contributed by atoms with Gasteiger partial charge in [0.05, 0.1) is 45.4 Å². The molecule has 21 N–H and O–H groups in total. The molecule has 22 aliphatic heterocycles. The molecule has 1 aromatic carbocycles. The molecular formula is C52H78N2O36. The first kappa shape index (κ1) is 69.6. The van der Waals surface area contributed by atoms with E-state index in [1.165, 1.54) is 0 Å². The third-order valence-electron chi connectivity index (χ3n) is 17.1. The van der Waals surface area contributed by atoms with Crippen LogP contribution in [-0.4, -0.2) is 381 Å². The lowest BCUT2D eigenvalue weighted by Gasteiger charge is -2.50. The molecular weight excluding hydrogens is 1230 g/mol. The highest BCUT2D eigenvalue weighted by molar-refractivity contribution is 6.04. The van der Waals surface area contributed by atoms with Crippen molar-refractivity contribution >= 4 is 11.6 Å². The van der Waals surface area contributed by atoms with Crippen molar-refractivity contribution in [1.29, 1.82) is 0 Å². The molecule has 90 heavy (non-hydrogen) atoms. The highest BCUT2D eigenvalue weighted by Gasteiger charge is 2.60. The van der Waals surface area contributed by atoms with Crippen molar-refractivity contribution in [1.82, 2.24) is 5.32 Å². The predicted octanol–water partition coefficient (Wildman–Crippen LogP) is -13.9. The normalized spacial score (nSPS) is 50.5. The van der Waals surface area contributed by atoms with E-state index < -0.39 is 273 Å². The van der Waals surface area contributed by atoms with Crippen LogP contribution in [0.2, 0.25) is 0 Å². The van der Waals surface area contributed by atoms with E-state index in [1.54, 1.807) is 30.3 Å². The Morgan fingerprint density at radius 3 is 0.822 bits per heavy atom. The van der Waals surface area contributed by atoms with Gasteiger partial charge in [0.1, 0.15) is 171 Å². The summed E-state index contributed by atoms with van der Waals surface area (Å²) in [5, 5.41) is 231. The molecule has 14 bridgehead atoms. The van der Waals surface area contributed by atoms with Gasteiger partial charge in [-0.3, -0.25) is 4.79 Å². The van der Waals surface area contributed by atoms with Gasteiger partial charge in [-0.15, -0.1) is 0 Å². The maximum atomic E-state index is 13.7. The summed E-state index contributed by atoms with van der Waals surface area (Å²) in [6.07, 6.45) is -72.9. The lowest BCUT2D eigenvalue weighted by molar-refractivity contribution is -0.396. The Morgan fingerprint density at radius 1 is 0.344 bits per heavy atom. The number of nitrogens with one attached hydrogen (secondary N) is 1. The Hall–Kier alpha value is -3.20. The Labute approximate surface area is 508 Å². The van der Waals surface area contributed by atoms with Crippen LogP contribution in [-0.2, 0) is 75.9 Å². The van der Waals surface area contributed by atoms with Gasteiger partial charge in [0.2, 0.25) is 6.10 Å². The average Bonchev–Trinajstić information content (AvgIpc) is 1.04. The van der Waals surface area contributed by atoms with Gasteiger partial charge in [0.25, 0.3) is 5.91 Å². The van der Waals surface area contributed by atoms with Crippen molar-refractivity contribution in [3.8, 4) is 0 Å². The van der Waals surface area contributed by atoms with Gasteiger partial charge in [-0.05, 0) is 5.56 Å². The number of benzene rings is 1. The topological polar surface area (TPSA) is 585 Å². The maximum Gasteiger partial charge on any atom is 0.264 e. The second kappa shape index (κ2) is 29.8. The van der Waals surface area contributed by atoms with Gasteiger partial charge in [-0.2, -0.15) is 0 Å². The Balaban J connectivity index is 0.935. The molecule has 23 rings (SSSR count). The second-order valence-corrected chi connectivity index (χ2v) is 22.9. The summed E-state index contributed by atoms with van der Waals surface area (Å²) in [5.41, 5.74) is 1.05. The summed E-state index contributed by atoms with van der Waals surface area (Å²) in [5.74, 6) is -0.806. The zero-order valence-corrected chi connectivity index (χ0v) is 47.3. The maximum absolute atomic E-state index is 13.7. The SMILES string of the molecule is O=C(NC[C@H]1O[C@@H]2O[C@H]3[C@H](O)[C@H](O)[C@@H](O[C@H]4[C@H](O)[C@H](O)[C@@H](O[C@H]5[C@H](O)[C@@H](O)[C@@H](O[C@H]6[C@H](O)[C@@H](O)[C@@H](O[C@H]7[C@H](O)[C@@H](O)[C@@H](O[C@H]8[C@H](O)[C@@H](O)[C@@H](O[C@H]1[C@H](O)[C@H]2O)O[C@@H]8CO)O[C@@H]7CO)O[C@@H]6CO)O[C@@H]5CO)O[C@@H]4CO)O[C@@H]3CO)C1CC(c2ccccc2)=NO1. The predicted molar refractivity (Wildman–Crippen MR) is 277 cm³/mol. The van der Waals surface area contributed by atoms with Crippen LogP contribution in [0.1, 0.15) is 12.0 Å². The molecule has 36 atom stereocenters. The van der Waals surface area contributed by atoms with Crippen molar-refractivity contribution in [3.05, 3.63) is 35.9 Å². The number of amides is 1. The molecule has 0 aromatic heterocycles. The van der Waals surface area contributed by atoms with Gasteiger partial charge in [-0.25, -0.2) is 0 Å². The van der Waals surface area contributed by atoms with Gasteiger partial charge >= 0.3 is 0 Å². The van der Waals surface area contributed by atoms with E-state index in [9.17, 15) is 107 Å². The monoisotopic (exact) mass is 1310 g/mol. The highest BCUT2D eigenvalue weighted by atomic mass is 16.8. The molecule has 38 heteroatoms. The Kier molecular flexibility index (Phi) is 23.1. The average molecular weight is 1310 g/mol. The number of hydrogen-bond donors (Lipinski definition) is 21. The molecule has 1 aromatic rings. The van der Waals surface area contributed by atoms with Crippen molar-refractivity contribution in [3.63, 3.8) is 0 Å². The van der Waals surface area contributed by atoms with E-state index in [0.717, 1.165) is 0 Å². The first-order valence-electron chi connectivity index (χ1n) is 29.0. The molecule has 512 valence electrons. The van der Waals surface area contributed by atoms with E-state index in [4.69, 9.17) is 71.2 Å². The van der Waals surface area contributed by atoms with Crippen LogP contribution in [0.5, 0.6) is 0 Å². The number of aliphatic hydroxyl groups excluding tert-OH is 20. The van der Waals surface area contributed by atoms with Crippen LogP contribution in [0.4, 0.5) is 0 Å². The number of hydrogen-bond acceptors (Lipinski definition) is 37. The fourth-order valence-corrected chi connectivity index (χ4v) is 12.1. The standard InChI is InChI=1S/C52H78N2O36/c55-8-18-39-26(63)33(70)48(78-18)86-41-20(10-57)80-50(35(72)28(41)65)88-43-22(12-59)82-52(37(74)30(43)67)89-44-23(13-60)81-51(36(73)29(44)66)87-42-21(11-58)79-49(34(71)27(42)64)85-40-19(9-56)77-47(32(69)25(40)62)83-38-17(76-46(84-39)31(68)24(38)61)7-53-45(75)16-6-15(54-90-16)14-4-2-1-3-5-14/h1-5,16-44,46-52,55-74H,6-13H2,(H,53,75)/t16?,17-,18-,19-,20-,21-,22-,23-,24-,25-,26-,27-,28-,29-,30-,31-,32-,33+,34-,35+,36-,37-,38-,39-,40-,41-,42-,43-,44-,46-,47-,48-,49-,50-,51-,52-/m1/s1. The van der Waals surface area contributed by atoms with Crippen LogP contribution < -0.4 is 5.32 Å². The molecule has 1 unspecified atom stereocenters. The number of carbonyl (C=O) groups excluding carboxylic acids is 1. The third-order valence-corrected chi connectivity index (χ3v) is 17.1. The minimum Gasteiger partial charge on any atom is -0.394 e. The van der Waals surface area contributed by atoms with E-state index in [-0.39, 0.29) is 6.42 Å². The van der Waals surface area contributed by atoms with Crippen LogP contribution in [0, 0.1) is 0 Å². The first-order valence-corrected chi connectivity index (χ1v) is 29.0. The summed E-state index contributed by atoms with van der Waals surface area (Å²) < 4.78 is 81.2. The number of carbonyl (C=O) groups is 1. The smallest absolute Gasteiger partial charge is 0.264 e. The largest absolute Gasteiger partial charge is 0.394 e. The molecule has 1 amide bonds. The lowest BCUT2D eigenvalue weighted by atomic mass is 9.95. The van der Waals surface area contributed by atoms with Crippen molar-refractivity contribution in [2.75, 3.05) is 46.2 Å². The van der Waals surface area contributed by atoms with Gasteiger partial charge in [-0.1, -0.05) is 35.5 Å². The van der Waals surface area contributed by atoms with Gasteiger partial charge < -0.3 is 179 Å². The molecule has 0 aliphatic carbocycles. The lowest BCUT2D eigenvalue weighted by Crippen LogP contribution is -2.68. The van der Waals surface area contributed by atoms with Crippen molar-refractivity contribution in [2.24, 2.45) is 5.16 Å². The van der Waals surface area contributed by atoms with E-state index in [0.29, 0.717) is 11.3 Å². The molecule has 22 heterocycles. The molecule has 0 radical (unpaired) electrons. The Morgan fingerprint density at radius 2 is 0.578 bits per heavy atom. The van der Waals surface area contributed by atoms with Crippen LogP contribution in [0.15, 0.2) is 35.5 Å². The van der Waals surface area contributed by atoms with E-state index >= 15 is 0 Å². The summed E-state index contributed by atoms with van der Waals surface area (Å²) in [6.45, 7) is -7.11. The highest BCUT2D eigenvalue weighted by Crippen LogP contribution is 2.39. The van der Waals surface area contributed by atoms with E-state index in [2.05, 4.69) is 10.5 Å². The fourth-order valence-electron chi connectivity index (χ4n) is 12.1. The molecule has 21 saturated heterocycles. The zero-order valence-electron chi connectivity index (χ0n) is 47.3. The van der Waals surface area contributed by atoms with Crippen LogP contribution in [0.25, 0.3) is 0 Å². The van der Waals surface area contributed by atoms with Crippen molar-refractivity contribution < 1.29 is 178 Å². The van der Waals surface area contributed by atoms with Gasteiger partial charge in [0.15, 0.2) is 44.0 Å². The van der Waals surface area contributed by atoms with E-state index in [1.807, 2.05) is 0 Å². The zero-order chi connectivity index (χ0) is 64.7. The second-order valence-electron chi connectivity index (χ2n) is 22.9. The Bertz CT molecular complexity index is 2470. The fraction of sp³-hybridized carbons (Fsp3) is 0.846.